The van der Waals surface area contributed by atoms with Crippen LogP contribution in [0, 0.1) is 22.1 Å². The molecule has 1 aromatic heterocycles. The number of carbonyl (C=O) groups is 15. The van der Waals surface area contributed by atoms with E-state index in [1.165, 1.54) is 25.6 Å². The molecule has 14 atom stereocenters. The predicted molar refractivity (Wildman–Crippen MR) is 474 cm³/mol. The molecule has 126 heavy (non-hydrogen) atoms. The molecule has 0 radical (unpaired) electrons. The first kappa shape index (κ1) is 108. The second kappa shape index (κ2) is 59.0. The van der Waals surface area contributed by atoms with Crippen LogP contribution in [0.5, 0.6) is 0 Å². The number of thioether (sulfide) groups is 1. The topological polar surface area (TPSA) is 784 Å². The normalized spacial score (nSPS) is 14.4. The number of aliphatic carboxylic acids is 1. The number of para-hydroxylation sites is 1. The number of hydrogen-bond acceptors (Lipinski definition) is 24. The van der Waals surface area contributed by atoms with Crippen LogP contribution >= 0.6 is 11.8 Å². The smallest absolute Gasteiger partial charge is 0.326 e. The first-order valence-corrected chi connectivity index (χ1v) is 43.5. The number of primary amides is 1. The fourth-order valence-electron chi connectivity index (χ4n) is 12.9. The van der Waals surface area contributed by atoms with E-state index < -0.39 is 217 Å². The van der Waals surface area contributed by atoms with Gasteiger partial charge in [-0.05, 0) is 171 Å². The SMILES string of the molecule is CSCC[C@H](NC(=O)[C@H](CCC(N)=O)NC(=O)[C@H](CCCNC(=N)N)NC(=O)CNC(=O)[C@H](Cc1c[nH]c2ccccc12)NC(=O)[C@H](CCCNC(=N)N)NC(=O)[C@H](CCCNC(=N)N)NC(=O)[C@H](C)NC(=O)[C@@H](NC(=O)[C@H](Cc1ccccc1)NC(=O)[C@H](CCCCN)NC(=O)[C@@H](NC(=O)[C@@H](N)CCCCN)C(C)C)[C@@H](C)O)C(=O)N[C@@H](CCCCN)C(=O)O. The summed E-state index contributed by atoms with van der Waals surface area (Å²) in [6.07, 6.45) is 2.84. The van der Waals surface area contributed by atoms with Gasteiger partial charge in [0.2, 0.25) is 82.7 Å². The zero-order valence-corrected chi connectivity index (χ0v) is 73.1. The number of hydrogen-bond donors (Lipinski definition) is 30. The third kappa shape index (κ3) is 41.7. The number of nitrogens with one attached hydrogen (secondary N) is 20. The zero-order valence-electron chi connectivity index (χ0n) is 72.3. The quantitative estimate of drug-likeness (QED) is 0.0142. The van der Waals surface area contributed by atoms with Gasteiger partial charge in [-0.1, -0.05) is 68.8 Å². The molecule has 1 heterocycles. The average molecular weight is 1790 g/mol. The van der Waals surface area contributed by atoms with Gasteiger partial charge >= 0.3 is 5.97 Å². The summed E-state index contributed by atoms with van der Waals surface area (Å²) in [5.41, 5.74) is 47.0. The average Bonchev–Trinajstić information content (AvgIpc) is 1.66. The Bertz CT molecular complexity index is 4070. The number of amides is 14. The monoisotopic (exact) mass is 1790 g/mol. The summed E-state index contributed by atoms with van der Waals surface area (Å²) in [5, 5.41) is 86.1. The van der Waals surface area contributed by atoms with Gasteiger partial charge in [0.25, 0.3) is 0 Å². The molecule has 14 amide bonds. The van der Waals surface area contributed by atoms with Gasteiger partial charge in [0.1, 0.15) is 72.5 Å². The lowest BCUT2D eigenvalue weighted by Crippen LogP contribution is -2.62. The van der Waals surface area contributed by atoms with Crippen LogP contribution in [0.1, 0.15) is 154 Å². The van der Waals surface area contributed by atoms with Crippen LogP contribution in [0.15, 0.2) is 60.8 Å². The molecule has 46 heteroatoms. The van der Waals surface area contributed by atoms with Crippen LogP contribution in [-0.2, 0) is 84.8 Å². The molecule has 38 N–H and O–H groups in total. The van der Waals surface area contributed by atoms with Crippen LogP contribution < -0.4 is 131 Å². The highest BCUT2D eigenvalue weighted by molar-refractivity contribution is 7.98. The van der Waals surface area contributed by atoms with E-state index in [4.69, 9.17) is 62.1 Å². The summed E-state index contributed by atoms with van der Waals surface area (Å²) >= 11 is 1.32. The Labute approximate surface area is 736 Å². The van der Waals surface area contributed by atoms with Crippen molar-refractivity contribution in [3.8, 4) is 0 Å². The number of aliphatic hydroxyl groups is 1. The number of carboxylic acid groups (broad SMARTS) is 1. The van der Waals surface area contributed by atoms with Gasteiger partial charge in [0.15, 0.2) is 17.9 Å². The number of unbranched alkanes of at least 4 members (excludes halogenated alkanes) is 3. The maximum absolute atomic E-state index is 15.0. The van der Waals surface area contributed by atoms with Crippen molar-refractivity contribution in [3.63, 3.8) is 0 Å². The Balaban J connectivity index is 2.01. The maximum atomic E-state index is 15.0. The Kier molecular flexibility index (Phi) is 50.6. The molecule has 0 saturated carbocycles. The van der Waals surface area contributed by atoms with Crippen LogP contribution in [0.25, 0.3) is 10.9 Å². The predicted octanol–water partition coefficient (Wildman–Crippen LogP) is -6.45. The van der Waals surface area contributed by atoms with Gasteiger partial charge in [0, 0.05) is 56.0 Å². The van der Waals surface area contributed by atoms with Crippen LogP contribution in [0.4, 0.5) is 0 Å². The molecule has 2 aromatic carbocycles. The van der Waals surface area contributed by atoms with Crippen molar-refractivity contribution in [2.24, 2.45) is 51.8 Å². The minimum absolute atomic E-state index is 0.00166. The Morgan fingerprint density at radius 1 is 0.413 bits per heavy atom. The first-order valence-electron chi connectivity index (χ1n) is 42.1. The maximum Gasteiger partial charge on any atom is 0.326 e. The second-order valence-corrected chi connectivity index (χ2v) is 31.8. The number of carboxylic acids is 1. The van der Waals surface area contributed by atoms with E-state index in [0.29, 0.717) is 79.3 Å². The molecular weight excluding hydrogens is 1660 g/mol. The highest BCUT2D eigenvalue weighted by atomic mass is 32.2. The molecule has 0 unspecified atom stereocenters. The molecule has 0 fully saturated rings. The van der Waals surface area contributed by atoms with Gasteiger partial charge in [0.05, 0.1) is 18.7 Å². The van der Waals surface area contributed by atoms with Gasteiger partial charge < -0.3 is 146 Å². The lowest BCUT2D eigenvalue weighted by atomic mass is 10.00. The summed E-state index contributed by atoms with van der Waals surface area (Å²) in [7, 11) is 0. The lowest BCUT2D eigenvalue weighted by Gasteiger charge is -2.29. The van der Waals surface area contributed by atoms with Crippen molar-refractivity contribution in [2.45, 2.75) is 241 Å². The molecule has 0 saturated heterocycles. The number of fused-ring (bicyclic) bond motifs is 1. The molecule has 3 rings (SSSR count). The van der Waals surface area contributed by atoms with Crippen molar-refractivity contribution < 1.29 is 82.1 Å². The second-order valence-electron chi connectivity index (χ2n) is 30.8. The van der Waals surface area contributed by atoms with E-state index in [-0.39, 0.29) is 103 Å². The van der Waals surface area contributed by atoms with E-state index in [2.05, 4.69) is 90.1 Å². The number of nitrogens with two attached hydrogens (primary N) is 8. The van der Waals surface area contributed by atoms with Gasteiger partial charge in [-0.25, -0.2) is 4.79 Å². The Hall–Kier alpha value is -12.0. The molecule has 0 aliphatic heterocycles. The molecule has 702 valence electrons. The van der Waals surface area contributed by atoms with E-state index >= 15 is 0 Å². The molecule has 0 aliphatic carbocycles. The molecule has 0 spiro atoms. The third-order valence-corrected chi connectivity index (χ3v) is 20.7. The van der Waals surface area contributed by atoms with Crippen LogP contribution in [-0.4, -0.2) is 264 Å². The minimum atomic E-state index is -1.83. The number of rotatable bonds is 63. The van der Waals surface area contributed by atoms with E-state index in [1.54, 1.807) is 80.9 Å². The first-order chi connectivity index (χ1) is 59.8. The van der Waals surface area contributed by atoms with Crippen LogP contribution in [0.2, 0.25) is 0 Å². The molecule has 3 aromatic rings. The molecule has 0 aliphatic rings. The van der Waals surface area contributed by atoms with Crippen molar-refractivity contribution in [1.82, 2.24) is 90.1 Å². The summed E-state index contributed by atoms with van der Waals surface area (Å²) in [5.74, 6) is -15.8. The van der Waals surface area contributed by atoms with E-state index in [9.17, 15) is 82.1 Å². The minimum Gasteiger partial charge on any atom is -0.480 e. The van der Waals surface area contributed by atoms with E-state index in [0.717, 1.165) is 0 Å². The highest BCUT2D eigenvalue weighted by Crippen LogP contribution is 2.21. The van der Waals surface area contributed by atoms with Crippen molar-refractivity contribution in [2.75, 3.05) is 57.8 Å². The molecule has 0 bridgehead atoms. The largest absolute Gasteiger partial charge is 0.480 e. The molecule has 45 nitrogen and oxygen atoms in total. The summed E-state index contributed by atoms with van der Waals surface area (Å²) in [6, 6.07) is -3.51. The zero-order chi connectivity index (χ0) is 94.0. The summed E-state index contributed by atoms with van der Waals surface area (Å²) in [4.78, 5) is 213. The number of aliphatic hydroxyl groups excluding tert-OH is 1. The third-order valence-electron chi connectivity index (χ3n) is 20.0. The number of aromatic nitrogens is 1. The highest BCUT2D eigenvalue weighted by Gasteiger charge is 2.38. The van der Waals surface area contributed by atoms with Gasteiger partial charge in [-0.3, -0.25) is 83.4 Å². The number of carbonyl (C=O) groups excluding carboxylic acids is 14. The van der Waals surface area contributed by atoms with Crippen molar-refractivity contribution in [1.29, 1.82) is 16.2 Å². The van der Waals surface area contributed by atoms with Crippen molar-refractivity contribution in [3.05, 3.63) is 71.9 Å². The Morgan fingerprint density at radius 3 is 1.28 bits per heavy atom. The fraction of sp³-hybridized carbons (Fsp3) is 0.600. The molecular formula is C80H134N28O17S. The standard InChI is InChI=1S/C80H134N28O17S/c1-44(2)63(107-66(113)50(84)23-11-14-33-81)75(122)103-53(25-12-15-34-82)70(117)105-59(40-47-20-7-6-8-21-47)74(121)108-64(46(4)109)76(123)97-45(3)65(112)99-54(28-18-37-93-79(88)89)69(116)100-55(29-19-38-94-80(90)91)71(118)106-60(41-48-42-95-51-24-10-9-22-49(48)51)67(114)96-43-62(111)98-52(27-17-36-92-78(86)87)68(115)101-56(30-31-61(85)110)72(119)102-57(32-39-126-5)73(120)104-58(77(124)125)26-13-16-35-83/h6-10,20-22,24,42,44-46,50,52-60,63-64,95,109H,11-19,23,25-41,43,81-84H2,1-5H3,(H2,85,110)(H,96,114)(H,97,123)(H,98,111)(H,99,112)(H,100,116)(H,101,115)(H,102,119)(H,103,122)(H,104,120)(H,105,117)(H,106,118)(H,107,113)(H,108,121)(H,124,125)(H4,86,87,92)(H4,88,89,93)(H4,90,91,94)/t45-,46+,50-,52-,53-,54-,55-,56-,57-,58-,59-,60-,63-,64-/m0/s1. The lowest BCUT2D eigenvalue weighted by molar-refractivity contribution is -0.142. The summed E-state index contributed by atoms with van der Waals surface area (Å²) < 4.78 is 0. The van der Waals surface area contributed by atoms with Crippen LogP contribution in [0.3, 0.4) is 0 Å². The fourth-order valence-corrected chi connectivity index (χ4v) is 13.4. The van der Waals surface area contributed by atoms with Gasteiger partial charge in [-0.15, -0.1) is 0 Å². The summed E-state index contributed by atoms with van der Waals surface area (Å²) in [6.45, 7) is 5.74. The number of guanidine groups is 3. The van der Waals surface area contributed by atoms with Gasteiger partial charge in [-0.2, -0.15) is 11.8 Å². The number of H-pyrrole nitrogens is 1. The number of aromatic amines is 1. The number of benzene rings is 2. The van der Waals surface area contributed by atoms with E-state index in [1.807, 2.05) is 0 Å². The van der Waals surface area contributed by atoms with Crippen molar-refractivity contribution >= 4 is 129 Å². The Morgan fingerprint density at radius 2 is 0.810 bits per heavy atom.